The Bertz CT molecular complexity index is 946. The molecule has 5 rings (SSSR count). The Morgan fingerprint density at radius 3 is 2.59 bits per heavy atom. The summed E-state index contributed by atoms with van der Waals surface area (Å²) in [6.45, 7) is 1.51. The molecule has 138 valence electrons. The number of aromatic nitrogens is 3. The zero-order chi connectivity index (χ0) is 19.0. The lowest BCUT2D eigenvalue weighted by atomic mass is 9.71. The van der Waals surface area contributed by atoms with Crippen molar-refractivity contribution >= 4 is 0 Å². The quantitative estimate of drug-likeness (QED) is 0.691. The van der Waals surface area contributed by atoms with Gasteiger partial charge in [-0.25, -0.2) is 4.68 Å². The SMILES string of the molecule is [2H]C1CN(Cc2cn(-c3ccccc3)nn2)C2(CCCCC2)c2ccccc21. The predicted octanol–water partition coefficient (Wildman–Crippen LogP) is 4.49. The molecule has 1 aliphatic heterocycles. The van der Waals surface area contributed by atoms with Crippen molar-refractivity contribution in [2.24, 2.45) is 0 Å². The fraction of sp³-hybridized carbons (Fsp3) is 0.391. The van der Waals surface area contributed by atoms with E-state index in [2.05, 4.69) is 39.5 Å². The standard InChI is InChI=1S/C23H26N4/c1-3-10-21(11-4-1)27-18-20(24-25-27)17-26-16-13-19-9-5-6-12-22(19)23(26)14-7-2-8-15-23/h1,3-6,9-12,18H,2,7-8,13-17H2/i13D. The number of para-hydroxylation sites is 1. The van der Waals surface area contributed by atoms with Crippen molar-refractivity contribution in [2.75, 3.05) is 6.54 Å². The summed E-state index contributed by atoms with van der Waals surface area (Å²) in [5.74, 6) is 0. The molecule has 2 aromatic carbocycles. The molecule has 1 atom stereocenters. The van der Waals surface area contributed by atoms with Crippen LogP contribution in [0.4, 0.5) is 0 Å². The van der Waals surface area contributed by atoms with E-state index in [0.29, 0.717) is 0 Å². The van der Waals surface area contributed by atoms with Crippen molar-refractivity contribution in [3.63, 3.8) is 0 Å². The van der Waals surface area contributed by atoms with Crippen molar-refractivity contribution in [1.82, 2.24) is 19.9 Å². The van der Waals surface area contributed by atoms with Crippen LogP contribution in [-0.4, -0.2) is 26.4 Å². The Kier molecular flexibility index (Phi) is 4.00. The van der Waals surface area contributed by atoms with E-state index in [1.807, 2.05) is 41.2 Å². The molecular formula is C23H26N4. The van der Waals surface area contributed by atoms with Crippen LogP contribution in [0.15, 0.2) is 60.8 Å². The van der Waals surface area contributed by atoms with E-state index < -0.39 is 0 Å². The zero-order valence-electron chi connectivity index (χ0n) is 16.6. The largest absolute Gasteiger partial charge is 0.287 e. The molecule has 0 radical (unpaired) electrons. The van der Waals surface area contributed by atoms with Crippen LogP contribution >= 0.6 is 0 Å². The van der Waals surface area contributed by atoms with Crippen LogP contribution in [0.1, 0.15) is 50.3 Å². The summed E-state index contributed by atoms with van der Waals surface area (Å²) >= 11 is 0. The predicted molar refractivity (Wildman–Crippen MR) is 107 cm³/mol. The molecule has 4 heteroatoms. The van der Waals surface area contributed by atoms with Crippen LogP contribution in [0.25, 0.3) is 5.69 Å². The number of nitrogens with zero attached hydrogens (tertiary/aromatic N) is 4. The molecule has 27 heavy (non-hydrogen) atoms. The van der Waals surface area contributed by atoms with Gasteiger partial charge in [0.1, 0.15) is 0 Å². The summed E-state index contributed by atoms with van der Waals surface area (Å²) < 4.78 is 10.6. The molecule has 0 N–H and O–H groups in total. The smallest absolute Gasteiger partial charge is 0.0972 e. The number of hydrogen-bond acceptors (Lipinski definition) is 3. The van der Waals surface area contributed by atoms with Crippen LogP contribution in [-0.2, 0) is 18.5 Å². The minimum atomic E-state index is -0.201. The summed E-state index contributed by atoms with van der Waals surface area (Å²) in [4.78, 5) is 2.52. The first kappa shape index (κ1) is 15.6. The van der Waals surface area contributed by atoms with Gasteiger partial charge in [0.25, 0.3) is 0 Å². The molecule has 2 heterocycles. The Balaban J connectivity index is 1.48. The van der Waals surface area contributed by atoms with Gasteiger partial charge in [0, 0.05) is 20.0 Å². The van der Waals surface area contributed by atoms with Gasteiger partial charge in [-0.2, -0.15) is 0 Å². The average Bonchev–Trinajstić information content (AvgIpc) is 3.22. The van der Waals surface area contributed by atoms with Gasteiger partial charge < -0.3 is 0 Å². The van der Waals surface area contributed by atoms with Crippen LogP contribution in [0, 0.1) is 0 Å². The second-order valence-corrected chi connectivity index (χ2v) is 7.75. The minimum absolute atomic E-state index is 0.0446. The lowest BCUT2D eigenvalue weighted by molar-refractivity contribution is 0.0283. The summed E-state index contributed by atoms with van der Waals surface area (Å²) in [7, 11) is 0. The molecule has 1 aliphatic carbocycles. The van der Waals surface area contributed by atoms with Crippen molar-refractivity contribution in [3.8, 4) is 5.69 Å². The molecule has 0 saturated heterocycles. The highest BCUT2D eigenvalue weighted by Crippen LogP contribution is 2.46. The van der Waals surface area contributed by atoms with E-state index in [1.54, 1.807) is 0 Å². The summed E-state index contributed by atoms with van der Waals surface area (Å²) in [6.07, 6.45) is 7.99. The van der Waals surface area contributed by atoms with E-state index in [9.17, 15) is 0 Å². The van der Waals surface area contributed by atoms with Crippen LogP contribution in [0.5, 0.6) is 0 Å². The number of hydrogen-bond donors (Lipinski definition) is 0. The lowest BCUT2D eigenvalue weighted by Gasteiger charge is -2.50. The Morgan fingerprint density at radius 2 is 1.74 bits per heavy atom. The highest BCUT2D eigenvalue weighted by Gasteiger charge is 2.43. The first-order chi connectivity index (χ1) is 13.8. The van der Waals surface area contributed by atoms with Crippen LogP contribution in [0.2, 0.25) is 0 Å². The van der Waals surface area contributed by atoms with Crippen LogP contribution < -0.4 is 0 Å². The van der Waals surface area contributed by atoms with Gasteiger partial charge in [-0.3, -0.25) is 4.90 Å². The zero-order valence-corrected chi connectivity index (χ0v) is 15.6. The van der Waals surface area contributed by atoms with Crippen molar-refractivity contribution < 1.29 is 1.37 Å². The van der Waals surface area contributed by atoms with E-state index >= 15 is 0 Å². The highest BCUT2D eigenvalue weighted by molar-refractivity contribution is 5.37. The normalized spacial score (nSPS) is 22.4. The molecule has 0 bridgehead atoms. The van der Waals surface area contributed by atoms with Gasteiger partial charge in [0.15, 0.2) is 0 Å². The van der Waals surface area contributed by atoms with E-state index in [0.717, 1.165) is 24.5 Å². The molecule has 1 unspecified atom stereocenters. The molecular weight excluding hydrogens is 332 g/mol. The van der Waals surface area contributed by atoms with Crippen molar-refractivity contribution in [1.29, 1.82) is 0 Å². The molecule has 1 spiro atoms. The average molecular weight is 359 g/mol. The molecule has 3 aromatic rings. The second kappa shape index (κ2) is 6.93. The third-order valence-corrected chi connectivity index (χ3v) is 6.19. The second-order valence-electron chi connectivity index (χ2n) is 7.75. The molecule has 1 aromatic heterocycles. The summed E-state index contributed by atoms with van der Waals surface area (Å²) in [5, 5.41) is 8.80. The van der Waals surface area contributed by atoms with Crippen LogP contribution in [0.3, 0.4) is 0 Å². The Morgan fingerprint density at radius 1 is 0.963 bits per heavy atom. The fourth-order valence-electron chi connectivity index (χ4n) is 4.86. The fourth-order valence-corrected chi connectivity index (χ4v) is 4.86. The minimum Gasteiger partial charge on any atom is -0.287 e. The third kappa shape index (κ3) is 2.98. The highest BCUT2D eigenvalue weighted by atomic mass is 15.4. The maximum absolute atomic E-state index is 8.71. The Labute approximate surface area is 162 Å². The Hall–Kier alpha value is -2.46. The van der Waals surface area contributed by atoms with Gasteiger partial charge in [0.05, 0.1) is 17.6 Å². The molecule has 0 amide bonds. The maximum atomic E-state index is 8.71. The third-order valence-electron chi connectivity index (χ3n) is 6.19. The van der Waals surface area contributed by atoms with E-state index in [1.165, 1.54) is 43.2 Å². The monoisotopic (exact) mass is 359 g/mol. The summed E-state index contributed by atoms with van der Waals surface area (Å²) in [5.41, 5.74) is 4.63. The van der Waals surface area contributed by atoms with Gasteiger partial charge in [-0.05, 0) is 42.5 Å². The molecule has 4 nitrogen and oxygen atoms in total. The van der Waals surface area contributed by atoms with Crippen molar-refractivity contribution in [2.45, 2.75) is 50.6 Å². The van der Waals surface area contributed by atoms with Gasteiger partial charge in [0.2, 0.25) is 0 Å². The summed E-state index contributed by atoms with van der Waals surface area (Å²) in [6, 6.07) is 18.8. The number of rotatable bonds is 3. The number of benzene rings is 2. The first-order valence-electron chi connectivity index (χ1n) is 10.6. The lowest BCUT2D eigenvalue weighted by Crippen LogP contribution is -2.51. The molecule has 1 fully saturated rings. The number of fused-ring (bicyclic) bond motifs is 2. The van der Waals surface area contributed by atoms with Gasteiger partial charge >= 0.3 is 0 Å². The van der Waals surface area contributed by atoms with Gasteiger partial charge in [-0.1, -0.05) is 66.9 Å². The van der Waals surface area contributed by atoms with Crippen molar-refractivity contribution in [3.05, 3.63) is 77.6 Å². The molecule has 2 aliphatic rings. The van der Waals surface area contributed by atoms with E-state index in [-0.39, 0.29) is 11.9 Å². The van der Waals surface area contributed by atoms with Gasteiger partial charge in [-0.15, -0.1) is 5.10 Å². The first-order valence-corrected chi connectivity index (χ1v) is 10.00. The maximum Gasteiger partial charge on any atom is 0.0972 e. The topological polar surface area (TPSA) is 34.0 Å². The van der Waals surface area contributed by atoms with E-state index in [4.69, 9.17) is 1.37 Å². The molecule has 1 saturated carbocycles.